The van der Waals surface area contributed by atoms with Crippen LogP contribution in [0.4, 0.5) is 0 Å². The molecule has 0 bridgehead atoms. The second-order valence-corrected chi connectivity index (χ2v) is 5.59. The fourth-order valence-electron chi connectivity index (χ4n) is 1.50. The first kappa shape index (κ1) is 13.4. The van der Waals surface area contributed by atoms with Gasteiger partial charge in [0.25, 0.3) is 0 Å². The van der Waals surface area contributed by atoms with Crippen molar-refractivity contribution in [2.45, 2.75) is 11.7 Å². The molecule has 1 saturated heterocycles. The average Bonchev–Trinajstić information content (AvgIpc) is 2.28. The summed E-state index contributed by atoms with van der Waals surface area (Å²) < 4.78 is 23.4. The lowest BCUT2D eigenvalue weighted by molar-refractivity contribution is -0.120. The number of rotatable bonds is 2. The van der Waals surface area contributed by atoms with E-state index in [2.05, 4.69) is 23.8 Å². The Labute approximate surface area is 99.7 Å². The average molecular weight is 258 g/mol. The molecular weight excluding hydrogens is 244 g/mol. The fraction of sp³-hybridized carbons (Fsp3) is 0.400. The molecule has 1 aliphatic rings. The van der Waals surface area contributed by atoms with E-state index in [0.29, 0.717) is 5.41 Å². The van der Waals surface area contributed by atoms with Crippen molar-refractivity contribution in [1.82, 2.24) is 10.6 Å². The summed E-state index contributed by atoms with van der Waals surface area (Å²) in [5.41, 5.74) is 0.0433. The van der Waals surface area contributed by atoms with Gasteiger partial charge in [-0.2, -0.15) is 0 Å². The van der Waals surface area contributed by atoms with Crippen LogP contribution in [0.1, 0.15) is 6.42 Å². The second-order valence-electron chi connectivity index (χ2n) is 3.61. The van der Waals surface area contributed by atoms with Crippen molar-refractivity contribution >= 4 is 21.7 Å². The molecular formula is C10H14N2O4S. The highest BCUT2D eigenvalue weighted by molar-refractivity contribution is 7.95. The molecule has 1 fully saturated rings. The van der Waals surface area contributed by atoms with Crippen LogP contribution < -0.4 is 10.6 Å². The molecule has 0 aromatic carbocycles. The van der Waals surface area contributed by atoms with Gasteiger partial charge in [0.05, 0.1) is 0 Å². The van der Waals surface area contributed by atoms with Crippen molar-refractivity contribution in [3.05, 3.63) is 24.1 Å². The molecule has 0 radical (unpaired) electrons. The monoisotopic (exact) mass is 258 g/mol. The summed E-state index contributed by atoms with van der Waals surface area (Å²) in [7, 11) is -3.83. The van der Waals surface area contributed by atoms with Crippen molar-refractivity contribution in [3.63, 3.8) is 0 Å². The molecule has 1 unspecified atom stereocenters. The van der Waals surface area contributed by atoms with Gasteiger partial charge in [0.2, 0.25) is 11.8 Å². The standard InChI is InChI=1S/C10H14N2O4S/c1-3-17(15,16)9-7(2)6-8(13)11-4-5-12-10(9)14/h3,9H,1-2,4-6H2,(H,11,13)(H,12,14). The predicted molar refractivity (Wildman–Crippen MR) is 62.7 cm³/mol. The molecule has 0 aromatic heterocycles. The molecule has 7 heteroatoms. The van der Waals surface area contributed by atoms with Gasteiger partial charge < -0.3 is 10.6 Å². The van der Waals surface area contributed by atoms with E-state index >= 15 is 0 Å². The van der Waals surface area contributed by atoms with Crippen LogP contribution in [0, 0.1) is 0 Å². The number of sulfone groups is 1. The normalized spacial score (nSPS) is 22.8. The third kappa shape index (κ3) is 3.16. The first-order valence-corrected chi connectivity index (χ1v) is 6.58. The minimum atomic E-state index is -3.83. The molecule has 0 aliphatic carbocycles. The van der Waals surface area contributed by atoms with Gasteiger partial charge >= 0.3 is 0 Å². The maximum absolute atomic E-state index is 11.7. The number of amides is 2. The molecule has 94 valence electrons. The Hall–Kier alpha value is -1.63. The summed E-state index contributed by atoms with van der Waals surface area (Å²) >= 11 is 0. The van der Waals surface area contributed by atoms with Gasteiger partial charge in [0.15, 0.2) is 15.1 Å². The van der Waals surface area contributed by atoms with E-state index in [1.165, 1.54) is 0 Å². The van der Waals surface area contributed by atoms with Gasteiger partial charge in [-0.3, -0.25) is 9.59 Å². The number of carbonyl (C=O) groups is 2. The number of carbonyl (C=O) groups excluding carboxylic acids is 2. The van der Waals surface area contributed by atoms with E-state index in [0.717, 1.165) is 0 Å². The maximum Gasteiger partial charge on any atom is 0.242 e. The van der Waals surface area contributed by atoms with Crippen molar-refractivity contribution < 1.29 is 18.0 Å². The van der Waals surface area contributed by atoms with E-state index in [9.17, 15) is 18.0 Å². The molecule has 2 N–H and O–H groups in total. The first-order valence-electron chi connectivity index (χ1n) is 4.97. The highest BCUT2D eigenvalue weighted by atomic mass is 32.2. The van der Waals surface area contributed by atoms with Gasteiger partial charge in [0.1, 0.15) is 0 Å². The number of hydrogen-bond acceptors (Lipinski definition) is 4. The van der Waals surface area contributed by atoms with Crippen molar-refractivity contribution in [2.75, 3.05) is 13.1 Å². The highest BCUT2D eigenvalue weighted by Gasteiger charge is 2.34. The Morgan fingerprint density at radius 2 is 1.82 bits per heavy atom. The van der Waals surface area contributed by atoms with Gasteiger partial charge in [-0.1, -0.05) is 13.2 Å². The Morgan fingerprint density at radius 1 is 1.24 bits per heavy atom. The summed E-state index contributed by atoms with van der Waals surface area (Å²) in [6.45, 7) is 7.11. The van der Waals surface area contributed by atoms with Crippen molar-refractivity contribution in [2.24, 2.45) is 0 Å². The number of nitrogens with one attached hydrogen (secondary N) is 2. The summed E-state index contributed by atoms with van der Waals surface area (Å²) in [5.74, 6) is -1.03. The molecule has 1 rings (SSSR count). The zero-order valence-electron chi connectivity index (χ0n) is 9.23. The van der Waals surface area contributed by atoms with Crippen molar-refractivity contribution in [1.29, 1.82) is 0 Å². The third-order valence-corrected chi connectivity index (χ3v) is 3.97. The predicted octanol–water partition coefficient (Wildman–Crippen LogP) is -0.894. The SMILES string of the molecule is C=CS(=O)(=O)C1C(=C)CC(=O)NCCNC1=O. The van der Waals surface area contributed by atoms with Gasteiger partial charge in [-0.05, 0) is 5.57 Å². The van der Waals surface area contributed by atoms with Crippen LogP contribution in [0.15, 0.2) is 24.1 Å². The summed E-state index contributed by atoms with van der Waals surface area (Å²) in [6.07, 6.45) is -0.189. The van der Waals surface area contributed by atoms with E-state index in [1.807, 2.05) is 0 Å². The Balaban J connectivity index is 3.11. The highest BCUT2D eigenvalue weighted by Crippen LogP contribution is 2.16. The van der Waals surface area contributed by atoms with Gasteiger partial charge in [0, 0.05) is 24.9 Å². The number of hydrogen-bond donors (Lipinski definition) is 2. The lowest BCUT2D eigenvalue weighted by Gasteiger charge is -2.15. The molecule has 0 spiro atoms. The van der Waals surface area contributed by atoms with Gasteiger partial charge in [-0.25, -0.2) is 8.42 Å². The fourth-order valence-corrected chi connectivity index (χ4v) is 2.63. The molecule has 0 aromatic rings. The van der Waals surface area contributed by atoms with Crippen LogP contribution in [0.3, 0.4) is 0 Å². The first-order chi connectivity index (χ1) is 7.88. The summed E-state index contributed by atoms with van der Waals surface area (Å²) in [5, 5.41) is 4.22. The molecule has 2 amide bonds. The lowest BCUT2D eigenvalue weighted by atomic mass is 10.1. The smallest absolute Gasteiger partial charge is 0.242 e. The Bertz CT molecular complexity index is 467. The van der Waals surface area contributed by atoms with Crippen LogP contribution in [-0.4, -0.2) is 38.6 Å². The third-order valence-electron chi connectivity index (χ3n) is 2.30. The van der Waals surface area contributed by atoms with Gasteiger partial charge in [-0.15, -0.1) is 0 Å². The Morgan fingerprint density at radius 3 is 2.41 bits per heavy atom. The molecule has 1 heterocycles. The van der Waals surface area contributed by atoms with Crippen LogP contribution in [0.5, 0.6) is 0 Å². The van der Waals surface area contributed by atoms with E-state index in [-0.39, 0.29) is 31.0 Å². The largest absolute Gasteiger partial charge is 0.354 e. The molecule has 17 heavy (non-hydrogen) atoms. The maximum atomic E-state index is 11.7. The van der Waals surface area contributed by atoms with Crippen LogP contribution in [-0.2, 0) is 19.4 Å². The van der Waals surface area contributed by atoms with Crippen molar-refractivity contribution in [3.8, 4) is 0 Å². The lowest BCUT2D eigenvalue weighted by Crippen LogP contribution is -2.41. The topological polar surface area (TPSA) is 92.3 Å². The van der Waals surface area contributed by atoms with E-state index in [4.69, 9.17) is 0 Å². The minimum absolute atomic E-state index is 0.0433. The quantitative estimate of drug-likeness (QED) is 0.628. The summed E-state index contributed by atoms with van der Waals surface area (Å²) in [4.78, 5) is 23.0. The molecule has 1 aliphatic heterocycles. The van der Waals surface area contributed by atoms with Crippen LogP contribution >= 0.6 is 0 Å². The zero-order valence-corrected chi connectivity index (χ0v) is 10.0. The molecule has 0 saturated carbocycles. The summed E-state index contributed by atoms with van der Waals surface area (Å²) in [6, 6.07) is 0. The molecule has 6 nitrogen and oxygen atoms in total. The second kappa shape index (κ2) is 5.13. The Kier molecular flexibility index (Phi) is 4.06. The van der Waals surface area contributed by atoms with Crippen LogP contribution in [0.2, 0.25) is 0 Å². The minimum Gasteiger partial charge on any atom is -0.354 e. The molecule has 1 atom stereocenters. The zero-order chi connectivity index (χ0) is 13.1. The van der Waals surface area contributed by atoms with E-state index < -0.39 is 21.0 Å². The van der Waals surface area contributed by atoms with Crippen LogP contribution in [0.25, 0.3) is 0 Å². The van der Waals surface area contributed by atoms with E-state index in [1.54, 1.807) is 0 Å².